The van der Waals surface area contributed by atoms with Crippen LogP contribution in [0.15, 0.2) is 96.3 Å². The van der Waals surface area contributed by atoms with Crippen molar-refractivity contribution < 1.29 is 4.79 Å². The number of carbonyl (C=O) groups excluding carboxylic acids is 1. The number of H-pyrrole nitrogens is 1. The molecule has 36 heavy (non-hydrogen) atoms. The molecule has 5 rings (SSSR count). The molecule has 3 heterocycles. The highest BCUT2D eigenvalue weighted by molar-refractivity contribution is 6.31. The highest BCUT2D eigenvalue weighted by atomic mass is 35.5. The van der Waals surface area contributed by atoms with Gasteiger partial charge in [-0.2, -0.15) is 0 Å². The molecular weight excluding hydrogens is 472 g/mol. The maximum absolute atomic E-state index is 12.8. The number of halogens is 1. The number of aromatic amines is 1. The van der Waals surface area contributed by atoms with Gasteiger partial charge in [0.25, 0.3) is 11.5 Å². The summed E-state index contributed by atoms with van der Waals surface area (Å²) >= 11 is 6.08. The third-order valence-electron chi connectivity index (χ3n) is 5.94. The summed E-state index contributed by atoms with van der Waals surface area (Å²) in [5.41, 5.74) is 6.02. The van der Waals surface area contributed by atoms with Crippen molar-refractivity contribution in [2.75, 3.05) is 0 Å². The molecule has 6 nitrogen and oxygen atoms in total. The number of nitrogens with one attached hydrogen (secondary N) is 2. The van der Waals surface area contributed by atoms with E-state index in [0.29, 0.717) is 30.0 Å². The van der Waals surface area contributed by atoms with Crippen LogP contribution in [-0.2, 0) is 19.4 Å². The molecule has 0 unspecified atom stereocenters. The highest BCUT2D eigenvalue weighted by Crippen LogP contribution is 2.19. The molecule has 3 aromatic heterocycles. The molecule has 178 valence electrons. The van der Waals surface area contributed by atoms with Gasteiger partial charge in [-0.1, -0.05) is 41.9 Å². The number of aromatic nitrogens is 3. The van der Waals surface area contributed by atoms with E-state index in [0.717, 1.165) is 38.7 Å². The minimum Gasteiger partial charge on any atom is -0.348 e. The Hall–Kier alpha value is -4.29. The summed E-state index contributed by atoms with van der Waals surface area (Å²) in [5, 5.41) is 4.52. The summed E-state index contributed by atoms with van der Waals surface area (Å²) in [5.74, 6) is -0.195. The second-order valence-corrected chi connectivity index (χ2v) is 9.08. The first-order chi connectivity index (χ1) is 17.5. The first-order valence-corrected chi connectivity index (χ1v) is 11.9. The molecule has 0 saturated carbocycles. The fraction of sp³-hybridized carbons (Fsp3) is 0.103. The maximum Gasteiger partial charge on any atom is 0.253 e. The number of fused-ring (bicyclic) bond motifs is 1. The summed E-state index contributed by atoms with van der Waals surface area (Å²) in [6, 6.07) is 21.2. The zero-order chi connectivity index (χ0) is 24.9. The predicted octanol–water partition coefficient (Wildman–Crippen LogP) is 5.08. The predicted molar refractivity (Wildman–Crippen MR) is 141 cm³/mol. The molecule has 0 aliphatic rings. The molecule has 0 saturated heterocycles. The minimum atomic E-state index is -0.195. The van der Waals surface area contributed by atoms with Gasteiger partial charge in [0.1, 0.15) is 0 Å². The monoisotopic (exact) mass is 494 g/mol. The Kier molecular flexibility index (Phi) is 6.87. The number of benzene rings is 2. The molecule has 0 fully saturated rings. The highest BCUT2D eigenvalue weighted by Gasteiger charge is 2.09. The second kappa shape index (κ2) is 10.5. The van der Waals surface area contributed by atoms with E-state index in [2.05, 4.69) is 20.3 Å². The van der Waals surface area contributed by atoms with Crippen LogP contribution in [0.3, 0.4) is 0 Å². The van der Waals surface area contributed by atoms with Crippen molar-refractivity contribution in [2.24, 2.45) is 0 Å². The van der Waals surface area contributed by atoms with E-state index in [4.69, 9.17) is 11.6 Å². The Balaban J connectivity index is 1.22. The van der Waals surface area contributed by atoms with Crippen LogP contribution in [0, 0.1) is 0 Å². The Bertz CT molecular complexity index is 1600. The number of carbonyl (C=O) groups is 1. The van der Waals surface area contributed by atoms with Crippen molar-refractivity contribution in [3.05, 3.63) is 140 Å². The molecule has 0 radical (unpaired) electrons. The average molecular weight is 495 g/mol. The second-order valence-electron chi connectivity index (χ2n) is 8.64. The van der Waals surface area contributed by atoms with E-state index in [9.17, 15) is 9.59 Å². The molecule has 5 aromatic rings. The van der Waals surface area contributed by atoms with E-state index >= 15 is 0 Å². The molecule has 2 aromatic carbocycles. The lowest BCUT2D eigenvalue weighted by atomic mass is 10.0. The molecule has 0 spiro atoms. The van der Waals surface area contributed by atoms with Gasteiger partial charge in [0.05, 0.1) is 11.1 Å². The van der Waals surface area contributed by atoms with Gasteiger partial charge in [-0.25, -0.2) is 0 Å². The molecule has 0 aliphatic carbocycles. The quantitative estimate of drug-likeness (QED) is 0.330. The largest absolute Gasteiger partial charge is 0.348 e. The first-order valence-electron chi connectivity index (χ1n) is 11.5. The van der Waals surface area contributed by atoms with Crippen LogP contribution < -0.4 is 10.9 Å². The van der Waals surface area contributed by atoms with E-state index in [1.54, 1.807) is 30.9 Å². The molecule has 0 atom stereocenters. The van der Waals surface area contributed by atoms with Gasteiger partial charge in [-0.15, -0.1) is 0 Å². The van der Waals surface area contributed by atoms with Gasteiger partial charge in [0, 0.05) is 53.7 Å². The number of amides is 1. The number of rotatable bonds is 7. The standard InChI is InChI=1S/C29H23ClN4O2/c30-26-7-8-27-24(14-26)13-22(16-33-27)17-34-29(36)25-12-21(15-31-18-25)10-19-3-5-20(6-4-19)11-23-2-1-9-32-28(23)35/h1-9,12-16,18H,10-11,17H2,(H,32,35)(H,34,36). The van der Waals surface area contributed by atoms with Crippen LogP contribution in [0.5, 0.6) is 0 Å². The lowest BCUT2D eigenvalue weighted by Crippen LogP contribution is -2.23. The van der Waals surface area contributed by atoms with Crippen molar-refractivity contribution in [3.63, 3.8) is 0 Å². The SMILES string of the molecule is O=C(NCc1cnc2ccc(Cl)cc2c1)c1cncc(Cc2ccc(Cc3ccc[nH]c3=O)cc2)c1. The summed E-state index contributed by atoms with van der Waals surface area (Å²) in [4.78, 5) is 36.1. The maximum atomic E-state index is 12.8. The summed E-state index contributed by atoms with van der Waals surface area (Å²) in [6.07, 6.45) is 7.95. The fourth-order valence-electron chi connectivity index (χ4n) is 4.06. The number of pyridine rings is 3. The van der Waals surface area contributed by atoms with Crippen molar-refractivity contribution in [1.82, 2.24) is 20.3 Å². The number of hydrogen-bond donors (Lipinski definition) is 2. The lowest BCUT2D eigenvalue weighted by Gasteiger charge is -2.08. The number of nitrogens with zero attached hydrogens (tertiary/aromatic N) is 2. The van der Waals surface area contributed by atoms with Crippen LogP contribution >= 0.6 is 11.6 Å². The Morgan fingerprint density at radius 2 is 1.67 bits per heavy atom. The molecule has 0 bridgehead atoms. The van der Waals surface area contributed by atoms with E-state index in [1.165, 1.54) is 0 Å². The van der Waals surface area contributed by atoms with E-state index in [-0.39, 0.29) is 11.5 Å². The van der Waals surface area contributed by atoms with Crippen LogP contribution in [0.1, 0.15) is 38.2 Å². The third-order valence-corrected chi connectivity index (χ3v) is 6.17. The lowest BCUT2D eigenvalue weighted by molar-refractivity contribution is 0.0950. The molecule has 0 aliphatic heterocycles. The van der Waals surface area contributed by atoms with Gasteiger partial charge in [0.2, 0.25) is 0 Å². The summed E-state index contributed by atoms with van der Waals surface area (Å²) < 4.78 is 0. The minimum absolute atomic E-state index is 0.0657. The Morgan fingerprint density at radius 3 is 2.47 bits per heavy atom. The Labute approximate surface area is 213 Å². The van der Waals surface area contributed by atoms with Gasteiger partial charge >= 0.3 is 0 Å². The zero-order valence-electron chi connectivity index (χ0n) is 19.4. The van der Waals surface area contributed by atoms with Gasteiger partial charge in [0.15, 0.2) is 0 Å². The van der Waals surface area contributed by atoms with Crippen LogP contribution in [0.25, 0.3) is 10.9 Å². The van der Waals surface area contributed by atoms with E-state index in [1.807, 2.05) is 60.7 Å². The molecule has 2 N–H and O–H groups in total. The summed E-state index contributed by atoms with van der Waals surface area (Å²) in [7, 11) is 0. The van der Waals surface area contributed by atoms with E-state index < -0.39 is 0 Å². The topological polar surface area (TPSA) is 87.7 Å². The Morgan fingerprint density at radius 1 is 0.861 bits per heavy atom. The van der Waals surface area contributed by atoms with Crippen molar-refractivity contribution in [3.8, 4) is 0 Å². The average Bonchev–Trinajstić information content (AvgIpc) is 2.89. The van der Waals surface area contributed by atoms with Crippen LogP contribution in [0.2, 0.25) is 5.02 Å². The van der Waals surface area contributed by atoms with Crippen LogP contribution in [-0.4, -0.2) is 20.9 Å². The van der Waals surface area contributed by atoms with Crippen molar-refractivity contribution in [1.29, 1.82) is 0 Å². The molecule has 1 amide bonds. The smallest absolute Gasteiger partial charge is 0.253 e. The molecular formula is C29H23ClN4O2. The fourth-order valence-corrected chi connectivity index (χ4v) is 4.24. The van der Waals surface area contributed by atoms with Gasteiger partial charge in [-0.3, -0.25) is 19.6 Å². The van der Waals surface area contributed by atoms with Gasteiger partial charge in [-0.05, 0) is 65.1 Å². The number of hydrogen-bond acceptors (Lipinski definition) is 4. The van der Waals surface area contributed by atoms with Gasteiger partial charge < -0.3 is 10.3 Å². The third kappa shape index (κ3) is 5.67. The van der Waals surface area contributed by atoms with Crippen molar-refractivity contribution >= 4 is 28.4 Å². The van der Waals surface area contributed by atoms with Crippen LogP contribution in [0.4, 0.5) is 0 Å². The first kappa shape index (κ1) is 23.5. The van der Waals surface area contributed by atoms with Crippen molar-refractivity contribution in [2.45, 2.75) is 19.4 Å². The molecule has 7 heteroatoms. The zero-order valence-corrected chi connectivity index (χ0v) is 20.1. The normalized spacial score (nSPS) is 10.9. The summed E-state index contributed by atoms with van der Waals surface area (Å²) in [6.45, 7) is 0.351.